The van der Waals surface area contributed by atoms with E-state index < -0.39 is 17.7 Å². The standard InChI is InChI=1S/C28H25NO8/c1-4-35-22-13-16(5-11-20(22)34-3)25-24(26(30)17-6-12-21-23(14-17)37-15-36-21)27(31)28(32)29(25)18-7-9-19(33-2)10-8-18/h5-14,25,30H,4,15H2,1-3H3/b26-24+. The molecule has 1 unspecified atom stereocenters. The number of aliphatic hydroxyl groups is 1. The molecule has 1 atom stereocenters. The van der Waals surface area contributed by atoms with Gasteiger partial charge in [0.05, 0.1) is 32.4 Å². The first-order valence-electron chi connectivity index (χ1n) is 11.6. The average molecular weight is 504 g/mol. The predicted molar refractivity (Wildman–Crippen MR) is 135 cm³/mol. The normalized spacial score (nSPS) is 17.7. The minimum absolute atomic E-state index is 0.0627. The molecule has 5 rings (SSSR count). The zero-order chi connectivity index (χ0) is 26.1. The van der Waals surface area contributed by atoms with E-state index >= 15 is 0 Å². The molecule has 3 aromatic rings. The molecule has 1 saturated heterocycles. The summed E-state index contributed by atoms with van der Waals surface area (Å²) in [4.78, 5) is 28.2. The van der Waals surface area contributed by atoms with Crippen molar-refractivity contribution in [3.63, 3.8) is 0 Å². The number of ketones is 1. The molecule has 0 aliphatic carbocycles. The number of carbonyl (C=O) groups excluding carboxylic acids is 2. The first-order chi connectivity index (χ1) is 18.0. The Hall–Kier alpha value is -4.66. The van der Waals surface area contributed by atoms with Crippen LogP contribution < -0.4 is 28.6 Å². The van der Waals surface area contributed by atoms with Gasteiger partial charge in [0, 0.05) is 11.3 Å². The van der Waals surface area contributed by atoms with E-state index in [-0.39, 0.29) is 18.1 Å². The number of methoxy groups -OCH3 is 2. The van der Waals surface area contributed by atoms with E-state index in [1.54, 1.807) is 67.8 Å². The Balaban J connectivity index is 1.70. The molecule has 0 aromatic heterocycles. The van der Waals surface area contributed by atoms with Gasteiger partial charge in [-0.15, -0.1) is 0 Å². The topological polar surface area (TPSA) is 104 Å². The number of ether oxygens (including phenoxy) is 5. The Bertz CT molecular complexity index is 1400. The van der Waals surface area contributed by atoms with Crippen LogP contribution >= 0.6 is 0 Å². The van der Waals surface area contributed by atoms with E-state index in [4.69, 9.17) is 23.7 Å². The van der Waals surface area contributed by atoms with Crippen molar-refractivity contribution in [3.8, 4) is 28.7 Å². The molecule has 190 valence electrons. The number of anilines is 1. The third-order valence-corrected chi connectivity index (χ3v) is 6.24. The van der Waals surface area contributed by atoms with E-state index in [0.717, 1.165) is 0 Å². The maximum atomic E-state index is 13.4. The van der Waals surface area contributed by atoms with E-state index in [1.165, 1.54) is 12.0 Å². The summed E-state index contributed by atoms with van der Waals surface area (Å²) in [6.45, 7) is 2.29. The van der Waals surface area contributed by atoms with Gasteiger partial charge >= 0.3 is 0 Å². The summed E-state index contributed by atoms with van der Waals surface area (Å²) in [6.07, 6.45) is 0. The highest BCUT2D eigenvalue weighted by atomic mass is 16.7. The molecular weight excluding hydrogens is 478 g/mol. The molecule has 0 spiro atoms. The van der Waals surface area contributed by atoms with Crippen molar-refractivity contribution in [1.82, 2.24) is 0 Å². The number of fused-ring (bicyclic) bond motifs is 1. The van der Waals surface area contributed by atoms with Crippen molar-refractivity contribution in [2.24, 2.45) is 0 Å². The molecule has 0 radical (unpaired) electrons. The van der Waals surface area contributed by atoms with Gasteiger partial charge in [-0.1, -0.05) is 6.07 Å². The Morgan fingerprint density at radius 1 is 0.946 bits per heavy atom. The lowest BCUT2D eigenvalue weighted by atomic mass is 9.94. The second-order valence-electron chi connectivity index (χ2n) is 8.28. The van der Waals surface area contributed by atoms with Crippen LogP contribution in [0.15, 0.2) is 66.2 Å². The SMILES string of the molecule is CCOc1cc(C2/C(=C(\O)c3ccc4c(c3)OCO4)C(=O)C(=O)N2c2ccc(OC)cc2)ccc1OC. The van der Waals surface area contributed by atoms with Crippen LogP contribution in [0.25, 0.3) is 5.76 Å². The molecule has 3 aromatic carbocycles. The first-order valence-corrected chi connectivity index (χ1v) is 11.6. The third kappa shape index (κ3) is 4.18. The minimum atomic E-state index is -0.941. The van der Waals surface area contributed by atoms with Crippen LogP contribution in [0.3, 0.4) is 0 Å². The van der Waals surface area contributed by atoms with Gasteiger partial charge in [-0.3, -0.25) is 14.5 Å². The lowest BCUT2D eigenvalue weighted by molar-refractivity contribution is -0.132. The fourth-order valence-electron chi connectivity index (χ4n) is 4.49. The van der Waals surface area contributed by atoms with E-state index in [2.05, 4.69) is 0 Å². The molecular formula is C28H25NO8. The highest BCUT2D eigenvalue weighted by Crippen LogP contribution is 2.45. The first kappa shape index (κ1) is 24.1. The zero-order valence-electron chi connectivity index (χ0n) is 20.5. The summed E-state index contributed by atoms with van der Waals surface area (Å²) in [7, 11) is 3.07. The number of aliphatic hydroxyl groups excluding tert-OH is 1. The average Bonchev–Trinajstić information content (AvgIpc) is 3.50. The minimum Gasteiger partial charge on any atom is -0.507 e. The van der Waals surface area contributed by atoms with Crippen LogP contribution in [0, 0.1) is 0 Å². The molecule has 1 amide bonds. The van der Waals surface area contributed by atoms with Gasteiger partial charge in [-0.05, 0) is 67.1 Å². The third-order valence-electron chi connectivity index (χ3n) is 6.24. The molecule has 2 aliphatic rings. The van der Waals surface area contributed by atoms with Crippen molar-refractivity contribution in [2.75, 3.05) is 32.5 Å². The molecule has 1 fully saturated rings. The smallest absolute Gasteiger partial charge is 0.300 e. The maximum Gasteiger partial charge on any atom is 0.300 e. The fourth-order valence-corrected chi connectivity index (χ4v) is 4.49. The molecule has 37 heavy (non-hydrogen) atoms. The second-order valence-corrected chi connectivity index (χ2v) is 8.28. The number of Topliss-reactive ketones (excluding diaryl/α,β-unsaturated/α-hetero) is 1. The summed E-state index contributed by atoms with van der Waals surface area (Å²) < 4.78 is 27.2. The quantitative estimate of drug-likeness (QED) is 0.286. The van der Waals surface area contributed by atoms with Gasteiger partial charge in [0.2, 0.25) is 6.79 Å². The highest BCUT2D eigenvalue weighted by Gasteiger charge is 2.47. The Labute approximate surface area is 213 Å². The lowest BCUT2D eigenvalue weighted by Crippen LogP contribution is -2.29. The monoisotopic (exact) mass is 503 g/mol. The Kier molecular flexibility index (Phi) is 6.35. The number of hydrogen-bond acceptors (Lipinski definition) is 8. The maximum absolute atomic E-state index is 13.4. The summed E-state index contributed by atoms with van der Waals surface area (Å²) >= 11 is 0. The van der Waals surface area contributed by atoms with Crippen LogP contribution in [0.2, 0.25) is 0 Å². The highest BCUT2D eigenvalue weighted by molar-refractivity contribution is 6.51. The van der Waals surface area contributed by atoms with Crippen LogP contribution in [0.1, 0.15) is 24.1 Å². The molecule has 0 saturated carbocycles. The number of nitrogens with zero attached hydrogens (tertiary/aromatic N) is 1. The summed E-state index contributed by atoms with van der Waals surface area (Å²) in [5.74, 6) is 0.604. The summed E-state index contributed by atoms with van der Waals surface area (Å²) in [6, 6.07) is 15.8. The number of carbonyl (C=O) groups is 2. The molecule has 0 bridgehead atoms. The molecule has 9 nitrogen and oxygen atoms in total. The number of amides is 1. The molecule has 2 aliphatic heterocycles. The van der Waals surface area contributed by atoms with E-state index in [1.807, 2.05) is 6.92 Å². The van der Waals surface area contributed by atoms with Gasteiger partial charge in [0.1, 0.15) is 11.5 Å². The van der Waals surface area contributed by atoms with Gasteiger partial charge in [-0.2, -0.15) is 0 Å². The van der Waals surface area contributed by atoms with Gasteiger partial charge in [0.25, 0.3) is 11.7 Å². The van der Waals surface area contributed by atoms with Gasteiger partial charge in [0.15, 0.2) is 23.0 Å². The predicted octanol–water partition coefficient (Wildman–Crippen LogP) is 4.46. The number of rotatable bonds is 7. The van der Waals surface area contributed by atoms with Crippen LogP contribution in [-0.2, 0) is 9.59 Å². The van der Waals surface area contributed by atoms with Crippen LogP contribution in [0.4, 0.5) is 5.69 Å². The van der Waals surface area contributed by atoms with Gasteiger partial charge in [-0.25, -0.2) is 0 Å². The van der Waals surface area contributed by atoms with Crippen LogP contribution in [-0.4, -0.2) is 44.4 Å². The number of hydrogen-bond donors (Lipinski definition) is 1. The Morgan fingerprint density at radius 3 is 2.41 bits per heavy atom. The summed E-state index contributed by atoms with van der Waals surface area (Å²) in [5.41, 5.74) is 1.28. The van der Waals surface area contributed by atoms with Crippen molar-refractivity contribution in [2.45, 2.75) is 13.0 Å². The van der Waals surface area contributed by atoms with Crippen molar-refractivity contribution >= 4 is 23.1 Å². The zero-order valence-corrected chi connectivity index (χ0v) is 20.5. The van der Waals surface area contributed by atoms with Gasteiger partial charge < -0.3 is 28.8 Å². The van der Waals surface area contributed by atoms with Crippen molar-refractivity contribution in [1.29, 1.82) is 0 Å². The van der Waals surface area contributed by atoms with Crippen molar-refractivity contribution in [3.05, 3.63) is 77.4 Å². The largest absolute Gasteiger partial charge is 0.507 e. The van der Waals surface area contributed by atoms with E-state index in [0.29, 0.717) is 52.2 Å². The lowest BCUT2D eigenvalue weighted by Gasteiger charge is -2.26. The summed E-state index contributed by atoms with van der Waals surface area (Å²) in [5, 5.41) is 11.4. The molecule has 2 heterocycles. The second kappa shape index (κ2) is 9.77. The fraction of sp³-hybridized carbons (Fsp3) is 0.214. The Morgan fingerprint density at radius 2 is 1.70 bits per heavy atom. The van der Waals surface area contributed by atoms with Crippen LogP contribution in [0.5, 0.6) is 28.7 Å². The molecule has 9 heteroatoms. The number of benzene rings is 3. The van der Waals surface area contributed by atoms with Crippen molar-refractivity contribution < 1.29 is 38.4 Å². The van der Waals surface area contributed by atoms with E-state index in [9.17, 15) is 14.7 Å². The molecule has 1 N–H and O–H groups in total.